The van der Waals surface area contributed by atoms with Crippen molar-refractivity contribution in [1.29, 1.82) is 0 Å². The quantitative estimate of drug-likeness (QED) is 0.851. The van der Waals surface area contributed by atoms with Gasteiger partial charge in [0.25, 0.3) is 10.0 Å². The Bertz CT molecular complexity index is 641. The highest BCUT2D eigenvalue weighted by molar-refractivity contribution is 7.93. The second-order valence-corrected chi connectivity index (χ2v) is 5.64. The number of rotatable bonds is 3. The van der Waals surface area contributed by atoms with Gasteiger partial charge in [-0.3, -0.25) is 4.31 Å². The molecule has 0 atom stereocenters. The molecule has 2 rings (SSSR count). The van der Waals surface area contributed by atoms with Crippen molar-refractivity contribution in [3.63, 3.8) is 0 Å². The van der Waals surface area contributed by atoms with E-state index in [0.29, 0.717) is 5.82 Å². The van der Waals surface area contributed by atoms with Gasteiger partial charge in [-0.15, -0.1) is 0 Å². The van der Waals surface area contributed by atoms with Crippen molar-refractivity contribution in [3.8, 4) is 0 Å². The first kappa shape index (κ1) is 12.4. The van der Waals surface area contributed by atoms with Gasteiger partial charge in [0.05, 0.1) is 5.69 Å². The molecule has 2 aromatic rings. The third-order valence-corrected chi connectivity index (χ3v) is 4.37. The van der Waals surface area contributed by atoms with Crippen molar-refractivity contribution in [2.45, 2.75) is 4.90 Å². The minimum absolute atomic E-state index is 0.0816. The van der Waals surface area contributed by atoms with Crippen molar-refractivity contribution in [1.82, 2.24) is 4.98 Å². The Kier molecular flexibility index (Phi) is 3.20. The van der Waals surface area contributed by atoms with E-state index in [9.17, 15) is 8.42 Å². The van der Waals surface area contributed by atoms with E-state index in [4.69, 9.17) is 5.73 Å². The molecule has 0 radical (unpaired) electrons. The molecule has 0 unspecified atom stereocenters. The molecule has 1 aromatic heterocycles. The van der Waals surface area contributed by atoms with Gasteiger partial charge in [-0.2, -0.15) is 0 Å². The summed E-state index contributed by atoms with van der Waals surface area (Å²) in [7, 11) is -2.23. The molecule has 0 fully saturated rings. The van der Waals surface area contributed by atoms with Crippen molar-refractivity contribution in [2.24, 2.45) is 0 Å². The maximum Gasteiger partial charge on any atom is 0.267 e. The standard InChI is InChI=1S/C12H13N3O2S/c1-15(12-8-4-5-9-14-12)18(16,17)11-7-3-2-6-10(11)13/h2-9H,13H2,1H3. The van der Waals surface area contributed by atoms with Crippen LogP contribution in [0, 0.1) is 0 Å². The van der Waals surface area contributed by atoms with E-state index in [1.807, 2.05) is 0 Å². The lowest BCUT2D eigenvalue weighted by molar-refractivity contribution is 0.594. The van der Waals surface area contributed by atoms with Crippen LogP contribution in [0.3, 0.4) is 0 Å². The molecule has 6 heteroatoms. The van der Waals surface area contributed by atoms with Crippen LogP contribution < -0.4 is 10.0 Å². The first-order valence-corrected chi connectivity index (χ1v) is 6.72. The topological polar surface area (TPSA) is 76.3 Å². The summed E-state index contributed by atoms with van der Waals surface area (Å²) in [6.07, 6.45) is 1.54. The minimum atomic E-state index is -3.68. The van der Waals surface area contributed by atoms with Crippen molar-refractivity contribution in [3.05, 3.63) is 48.7 Å². The van der Waals surface area contributed by atoms with E-state index < -0.39 is 10.0 Å². The largest absolute Gasteiger partial charge is 0.398 e. The first-order valence-electron chi connectivity index (χ1n) is 5.28. The monoisotopic (exact) mass is 263 g/mol. The summed E-state index contributed by atoms with van der Waals surface area (Å²) in [5.74, 6) is 0.348. The fourth-order valence-corrected chi connectivity index (χ4v) is 2.79. The van der Waals surface area contributed by atoms with Crippen LogP contribution in [0.15, 0.2) is 53.6 Å². The second-order valence-electron chi connectivity index (χ2n) is 3.70. The van der Waals surface area contributed by atoms with Crippen molar-refractivity contribution >= 4 is 21.5 Å². The maximum atomic E-state index is 12.4. The number of sulfonamides is 1. The molecule has 2 N–H and O–H groups in total. The molecule has 18 heavy (non-hydrogen) atoms. The van der Waals surface area contributed by atoms with Crippen molar-refractivity contribution < 1.29 is 8.42 Å². The van der Waals surface area contributed by atoms with Gasteiger partial charge in [-0.1, -0.05) is 18.2 Å². The van der Waals surface area contributed by atoms with Gasteiger partial charge in [0.15, 0.2) is 0 Å². The summed E-state index contributed by atoms with van der Waals surface area (Å²) in [5, 5.41) is 0. The summed E-state index contributed by atoms with van der Waals surface area (Å²) in [4.78, 5) is 4.09. The van der Waals surface area contributed by atoms with Crippen LogP contribution in [0.5, 0.6) is 0 Å². The Hall–Kier alpha value is -2.08. The molecule has 0 aliphatic rings. The second kappa shape index (κ2) is 4.66. The van der Waals surface area contributed by atoms with E-state index in [2.05, 4.69) is 4.98 Å². The van der Waals surface area contributed by atoms with Crippen LogP contribution in [0.4, 0.5) is 11.5 Å². The average Bonchev–Trinajstić information content (AvgIpc) is 2.39. The normalized spacial score (nSPS) is 11.2. The number of nitrogens with zero attached hydrogens (tertiary/aromatic N) is 2. The van der Waals surface area contributed by atoms with Crippen LogP contribution in [-0.4, -0.2) is 20.4 Å². The number of nitrogen functional groups attached to an aromatic ring is 1. The molecule has 1 aromatic carbocycles. The van der Waals surface area contributed by atoms with Gasteiger partial charge >= 0.3 is 0 Å². The minimum Gasteiger partial charge on any atom is -0.398 e. The SMILES string of the molecule is CN(c1ccccn1)S(=O)(=O)c1ccccc1N. The average molecular weight is 263 g/mol. The number of benzene rings is 1. The van der Waals surface area contributed by atoms with Crippen LogP contribution >= 0.6 is 0 Å². The number of hydrogen-bond acceptors (Lipinski definition) is 4. The molecule has 0 spiro atoms. The zero-order chi connectivity index (χ0) is 13.2. The van der Waals surface area contributed by atoms with Crippen LogP contribution in [-0.2, 0) is 10.0 Å². The number of pyridine rings is 1. The molecule has 94 valence electrons. The summed E-state index contributed by atoms with van der Waals surface area (Å²) in [6, 6.07) is 11.4. The highest BCUT2D eigenvalue weighted by Crippen LogP contribution is 2.23. The number of anilines is 2. The van der Waals surface area contributed by atoms with Gasteiger partial charge in [-0.25, -0.2) is 13.4 Å². The third-order valence-electron chi connectivity index (χ3n) is 2.53. The lowest BCUT2D eigenvalue weighted by atomic mass is 10.3. The fourth-order valence-electron chi connectivity index (χ4n) is 1.53. The Balaban J connectivity index is 2.48. The highest BCUT2D eigenvalue weighted by atomic mass is 32.2. The Morgan fingerprint density at radius 3 is 2.39 bits per heavy atom. The highest BCUT2D eigenvalue weighted by Gasteiger charge is 2.23. The van der Waals surface area contributed by atoms with E-state index in [1.165, 1.54) is 19.3 Å². The molecule has 0 aliphatic carbocycles. The molecular formula is C12H13N3O2S. The fraction of sp³-hybridized carbons (Fsp3) is 0.0833. The Labute approximate surface area is 106 Å². The molecule has 0 saturated heterocycles. The Morgan fingerprint density at radius 1 is 1.11 bits per heavy atom. The van der Waals surface area contributed by atoms with E-state index in [0.717, 1.165) is 4.31 Å². The number of para-hydroxylation sites is 1. The first-order chi connectivity index (χ1) is 8.53. The molecule has 0 saturated carbocycles. The lowest BCUT2D eigenvalue weighted by Crippen LogP contribution is -2.27. The molecule has 0 aliphatic heterocycles. The lowest BCUT2D eigenvalue weighted by Gasteiger charge is -2.19. The van der Waals surface area contributed by atoms with Crippen LogP contribution in [0.25, 0.3) is 0 Å². The van der Waals surface area contributed by atoms with Crippen LogP contribution in [0.1, 0.15) is 0 Å². The summed E-state index contributed by atoms with van der Waals surface area (Å²) < 4.78 is 25.8. The smallest absolute Gasteiger partial charge is 0.267 e. The van der Waals surface area contributed by atoms with E-state index >= 15 is 0 Å². The van der Waals surface area contributed by atoms with Crippen molar-refractivity contribution in [2.75, 3.05) is 17.1 Å². The van der Waals surface area contributed by atoms with Gasteiger partial charge in [0.2, 0.25) is 0 Å². The molecule has 1 heterocycles. The summed E-state index contributed by atoms with van der Waals surface area (Å²) >= 11 is 0. The zero-order valence-corrected chi connectivity index (χ0v) is 10.6. The van der Waals surface area contributed by atoms with Gasteiger partial charge in [-0.05, 0) is 24.3 Å². The predicted molar refractivity (Wildman–Crippen MR) is 70.7 cm³/mol. The zero-order valence-electron chi connectivity index (χ0n) is 9.82. The van der Waals surface area contributed by atoms with Gasteiger partial charge in [0, 0.05) is 13.2 Å². The van der Waals surface area contributed by atoms with Crippen LogP contribution in [0.2, 0.25) is 0 Å². The molecule has 0 bridgehead atoms. The maximum absolute atomic E-state index is 12.4. The molecule has 0 amide bonds. The summed E-state index contributed by atoms with van der Waals surface area (Å²) in [6.45, 7) is 0. The van der Waals surface area contributed by atoms with E-state index in [1.54, 1.807) is 36.4 Å². The summed E-state index contributed by atoms with van der Waals surface area (Å²) in [5.41, 5.74) is 5.92. The number of hydrogen-bond donors (Lipinski definition) is 1. The Morgan fingerprint density at radius 2 is 1.78 bits per heavy atom. The van der Waals surface area contributed by atoms with Gasteiger partial charge in [0.1, 0.15) is 10.7 Å². The predicted octanol–water partition coefficient (Wildman–Crippen LogP) is 1.49. The van der Waals surface area contributed by atoms with Gasteiger partial charge < -0.3 is 5.73 Å². The number of aromatic nitrogens is 1. The van der Waals surface area contributed by atoms with E-state index in [-0.39, 0.29) is 10.6 Å². The third kappa shape index (κ3) is 2.14. The molecular weight excluding hydrogens is 250 g/mol. The molecule has 5 nitrogen and oxygen atoms in total. The number of nitrogens with two attached hydrogens (primary N) is 1.